The maximum Gasteiger partial charge on any atom is 0.414 e. The van der Waals surface area contributed by atoms with Crippen molar-refractivity contribution >= 4 is 11.9 Å². The highest BCUT2D eigenvalue weighted by atomic mass is 16.4. The molecule has 0 aromatic carbocycles. The van der Waals surface area contributed by atoms with Crippen molar-refractivity contribution in [3.63, 3.8) is 0 Å². The first kappa shape index (κ1) is 19.6. The first-order chi connectivity index (χ1) is 9.81. The third kappa shape index (κ3) is 8.47. The van der Waals surface area contributed by atoms with Gasteiger partial charge in [-0.25, -0.2) is 9.59 Å². The Morgan fingerprint density at radius 2 is 1.67 bits per heavy atom. The molecule has 0 atom stereocenters. The summed E-state index contributed by atoms with van der Waals surface area (Å²) in [4.78, 5) is 23.3. The largest absolute Gasteiger partial charge is 0.473 e. The summed E-state index contributed by atoms with van der Waals surface area (Å²) in [5.41, 5.74) is 1.29. The lowest BCUT2D eigenvalue weighted by molar-refractivity contribution is -0.159. The fraction of sp³-hybridized carbons (Fsp3) is 0.733. The Labute approximate surface area is 127 Å². The average Bonchev–Trinajstić information content (AvgIpc) is 2.45. The highest BCUT2D eigenvalue weighted by Gasteiger charge is 2.22. The van der Waals surface area contributed by atoms with Crippen LogP contribution in [-0.4, -0.2) is 70.7 Å². The Bertz CT molecular complexity index is 338. The molecule has 2 N–H and O–H groups in total. The van der Waals surface area contributed by atoms with Crippen molar-refractivity contribution in [2.45, 2.75) is 39.7 Å². The standard InChI is InChI=1S/C13H26N2.C2H2O4/c1-5-14-9-7-13(8-10-14)15(6-2)11-12(3)4;3-1(4)2(5)6/h13H,3,5-11H2,1-2,4H3;(H,3,4)(H,5,6). The van der Waals surface area contributed by atoms with E-state index in [0.717, 1.165) is 19.1 Å². The lowest BCUT2D eigenvalue weighted by atomic mass is 10.0. The van der Waals surface area contributed by atoms with Gasteiger partial charge in [-0.15, -0.1) is 0 Å². The lowest BCUT2D eigenvalue weighted by Gasteiger charge is -2.37. The summed E-state index contributed by atoms with van der Waals surface area (Å²) in [5, 5.41) is 14.8. The van der Waals surface area contributed by atoms with Crippen molar-refractivity contribution in [3.8, 4) is 0 Å². The van der Waals surface area contributed by atoms with Gasteiger partial charge in [0.2, 0.25) is 0 Å². The fourth-order valence-electron chi connectivity index (χ4n) is 2.45. The summed E-state index contributed by atoms with van der Waals surface area (Å²) in [5.74, 6) is -3.65. The van der Waals surface area contributed by atoms with E-state index in [1.165, 1.54) is 38.0 Å². The Balaban J connectivity index is 0.000000567. The van der Waals surface area contributed by atoms with E-state index in [4.69, 9.17) is 19.8 Å². The number of likely N-dealkylation sites (tertiary alicyclic amines) is 1. The highest BCUT2D eigenvalue weighted by molar-refractivity contribution is 6.27. The zero-order chi connectivity index (χ0) is 16.4. The van der Waals surface area contributed by atoms with E-state index < -0.39 is 11.9 Å². The number of likely N-dealkylation sites (N-methyl/N-ethyl adjacent to an activating group) is 1. The predicted molar refractivity (Wildman–Crippen MR) is 82.5 cm³/mol. The first-order valence-corrected chi connectivity index (χ1v) is 7.38. The van der Waals surface area contributed by atoms with Crippen molar-refractivity contribution in [1.29, 1.82) is 0 Å². The van der Waals surface area contributed by atoms with E-state index in [1.807, 2.05) is 0 Å². The number of hydrogen-bond acceptors (Lipinski definition) is 4. The molecule has 6 nitrogen and oxygen atoms in total. The van der Waals surface area contributed by atoms with Gasteiger partial charge in [0.1, 0.15) is 0 Å². The summed E-state index contributed by atoms with van der Waals surface area (Å²) >= 11 is 0. The van der Waals surface area contributed by atoms with E-state index in [0.29, 0.717) is 0 Å². The molecule has 0 spiro atoms. The van der Waals surface area contributed by atoms with E-state index in [9.17, 15) is 0 Å². The molecule has 21 heavy (non-hydrogen) atoms. The van der Waals surface area contributed by atoms with Gasteiger partial charge in [0.05, 0.1) is 0 Å². The van der Waals surface area contributed by atoms with Crippen molar-refractivity contribution in [2.75, 3.05) is 32.7 Å². The summed E-state index contributed by atoms with van der Waals surface area (Å²) in [6, 6.07) is 0.787. The zero-order valence-corrected chi connectivity index (χ0v) is 13.3. The average molecular weight is 300 g/mol. The van der Waals surface area contributed by atoms with Crippen LogP contribution in [-0.2, 0) is 9.59 Å². The molecule has 1 rings (SSSR count). The van der Waals surface area contributed by atoms with Gasteiger partial charge in [0.25, 0.3) is 0 Å². The van der Waals surface area contributed by atoms with Gasteiger partial charge >= 0.3 is 11.9 Å². The van der Waals surface area contributed by atoms with E-state index in [1.54, 1.807) is 0 Å². The second-order valence-electron chi connectivity index (χ2n) is 5.30. The van der Waals surface area contributed by atoms with Crippen LogP contribution in [0.3, 0.4) is 0 Å². The van der Waals surface area contributed by atoms with Gasteiger partial charge in [-0.3, -0.25) is 4.90 Å². The molecule has 0 aliphatic carbocycles. The van der Waals surface area contributed by atoms with Gasteiger partial charge in [-0.2, -0.15) is 0 Å². The van der Waals surface area contributed by atoms with Gasteiger partial charge < -0.3 is 15.1 Å². The fourth-order valence-corrected chi connectivity index (χ4v) is 2.45. The van der Waals surface area contributed by atoms with E-state index in [2.05, 4.69) is 37.1 Å². The number of rotatable bonds is 5. The van der Waals surface area contributed by atoms with Crippen LogP contribution in [0.5, 0.6) is 0 Å². The number of piperidine rings is 1. The number of hydrogen-bond donors (Lipinski definition) is 2. The molecular weight excluding hydrogens is 272 g/mol. The maximum absolute atomic E-state index is 9.10. The van der Waals surface area contributed by atoms with Crippen molar-refractivity contribution in [3.05, 3.63) is 12.2 Å². The molecule has 1 aliphatic rings. The minimum absolute atomic E-state index is 0.787. The molecule has 0 saturated carbocycles. The molecule has 122 valence electrons. The molecular formula is C15H28N2O4. The van der Waals surface area contributed by atoms with Crippen LogP contribution in [0, 0.1) is 0 Å². The molecule has 0 aromatic rings. The number of aliphatic carboxylic acids is 2. The molecule has 0 radical (unpaired) electrons. The van der Waals surface area contributed by atoms with Crippen LogP contribution in [0.15, 0.2) is 12.2 Å². The van der Waals surface area contributed by atoms with Gasteiger partial charge in [0.15, 0.2) is 0 Å². The Kier molecular flexibility index (Phi) is 9.65. The first-order valence-electron chi connectivity index (χ1n) is 7.38. The topological polar surface area (TPSA) is 81.1 Å². The van der Waals surface area contributed by atoms with E-state index in [-0.39, 0.29) is 0 Å². The van der Waals surface area contributed by atoms with Crippen LogP contribution in [0.25, 0.3) is 0 Å². The van der Waals surface area contributed by atoms with Crippen LogP contribution in [0.2, 0.25) is 0 Å². The van der Waals surface area contributed by atoms with Crippen LogP contribution in [0.4, 0.5) is 0 Å². The summed E-state index contributed by atoms with van der Waals surface area (Å²) in [7, 11) is 0. The van der Waals surface area contributed by atoms with Crippen LogP contribution < -0.4 is 0 Å². The second kappa shape index (κ2) is 10.3. The minimum atomic E-state index is -1.82. The third-order valence-corrected chi connectivity index (χ3v) is 3.58. The smallest absolute Gasteiger partial charge is 0.414 e. The predicted octanol–water partition coefficient (Wildman–Crippen LogP) is 1.52. The number of carboxylic acids is 2. The minimum Gasteiger partial charge on any atom is -0.473 e. The van der Waals surface area contributed by atoms with Crippen molar-refractivity contribution in [2.24, 2.45) is 0 Å². The molecule has 1 saturated heterocycles. The van der Waals surface area contributed by atoms with Gasteiger partial charge in [0, 0.05) is 12.6 Å². The third-order valence-electron chi connectivity index (χ3n) is 3.58. The maximum atomic E-state index is 9.10. The molecule has 0 unspecified atom stereocenters. The normalized spacial score (nSPS) is 16.2. The molecule has 6 heteroatoms. The molecule has 0 amide bonds. The van der Waals surface area contributed by atoms with Crippen molar-refractivity contribution in [1.82, 2.24) is 9.80 Å². The second-order valence-corrected chi connectivity index (χ2v) is 5.30. The molecule has 1 heterocycles. The Morgan fingerprint density at radius 1 is 1.19 bits per heavy atom. The summed E-state index contributed by atoms with van der Waals surface area (Å²) in [6.07, 6.45) is 2.66. The van der Waals surface area contributed by atoms with Gasteiger partial charge in [-0.1, -0.05) is 26.0 Å². The number of carboxylic acid groups (broad SMARTS) is 2. The summed E-state index contributed by atoms with van der Waals surface area (Å²) in [6.45, 7) is 16.6. The number of carbonyl (C=O) groups is 2. The van der Waals surface area contributed by atoms with Crippen molar-refractivity contribution < 1.29 is 19.8 Å². The zero-order valence-electron chi connectivity index (χ0n) is 13.3. The molecule has 1 aliphatic heterocycles. The van der Waals surface area contributed by atoms with Crippen LogP contribution >= 0.6 is 0 Å². The Morgan fingerprint density at radius 3 is 1.95 bits per heavy atom. The SMILES string of the molecule is C=C(C)CN(CC)C1CCN(CC)CC1.O=C(O)C(=O)O. The Hall–Kier alpha value is -1.40. The summed E-state index contributed by atoms with van der Waals surface area (Å²) < 4.78 is 0. The molecule has 0 aromatic heterocycles. The van der Waals surface area contributed by atoms with Crippen LogP contribution in [0.1, 0.15) is 33.6 Å². The lowest BCUT2D eigenvalue weighted by Crippen LogP contribution is -2.45. The van der Waals surface area contributed by atoms with Gasteiger partial charge in [-0.05, 0) is 45.9 Å². The highest BCUT2D eigenvalue weighted by Crippen LogP contribution is 2.16. The van der Waals surface area contributed by atoms with E-state index >= 15 is 0 Å². The quantitative estimate of drug-likeness (QED) is 0.592. The number of nitrogens with zero attached hydrogens (tertiary/aromatic N) is 2. The molecule has 0 bridgehead atoms. The monoisotopic (exact) mass is 300 g/mol. The molecule has 1 fully saturated rings.